The molecular formula is C20H23N3O3S. The Balaban J connectivity index is 1.59. The van der Waals surface area contributed by atoms with Gasteiger partial charge in [-0.25, -0.2) is 5.01 Å². The smallest absolute Gasteiger partial charge is 0.257 e. The van der Waals surface area contributed by atoms with Gasteiger partial charge in [0.25, 0.3) is 5.91 Å². The summed E-state index contributed by atoms with van der Waals surface area (Å²) in [6.45, 7) is 3.29. The Morgan fingerprint density at radius 3 is 2.89 bits per heavy atom. The second kappa shape index (κ2) is 8.21. The molecule has 0 N–H and O–H groups in total. The average Bonchev–Trinajstić information content (AvgIpc) is 3.38. The number of morpholine rings is 1. The molecule has 1 fully saturated rings. The van der Waals surface area contributed by atoms with Crippen LogP contribution in [0.3, 0.4) is 0 Å². The van der Waals surface area contributed by atoms with Gasteiger partial charge in [0.05, 0.1) is 43.5 Å². The van der Waals surface area contributed by atoms with Crippen LogP contribution in [-0.4, -0.2) is 61.5 Å². The van der Waals surface area contributed by atoms with E-state index in [1.54, 1.807) is 23.5 Å². The number of ether oxygens (including phenoxy) is 2. The van der Waals surface area contributed by atoms with Gasteiger partial charge in [0, 0.05) is 19.5 Å². The first-order valence-corrected chi connectivity index (χ1v) is 10.00. The molecule has 0 saturated carbocycles. The summed E-state index contributed by atoms with van der Waals surface area (Å²) in [4.78, 5) is 16.3. The zero-order valence-corrected chi connectivity index (χ0v) is 16.2. The van der Waals surface area contributed by atoms with Gasteiger partial charge < -0.3 is 9.47 Å². The molecule has 1 aromatic carbocycles. The zero-order valence-electron chi connectivity index (χ0n) is 15.3. The van der Waals surface area contributed by atoms with Gasteiger partial charge in [0.2, 0.25) is 0 Å². The molecule has 1 saturated heterocycles. The number of amides is 1. The van der Waals surface area contributed by atoms with Crippen LogP contribution in [0.2, 0.25) is 0 Å². The first-order chi connectivity index (χ1) is 13.2. The van der Waals surface area contributed by atoms with E-state index < -0.39 is 0 Å². The normalized spacial score (nSPS) is 20.6. The minimum atomic E-state index is -0.106. The maximum absolute atomic E-state index is 13.1. The molecule has 27 heavy (non-hydrogen) atoms. The Morgan fingerprint density at radius 1 is 1.30 bits per heavy atom. The molecule has 2 aromatic rings. The standard InChI is InChI=1S/C20H23N3O3S/c1-25-16-5-2-4-15(12-16)18-13-17(19-6-3-11-27-19)21-23(18)20(24)14-22-7-9-26-10-8-22/h2-6,11-12,18H,7-10,13-14H2,1H3/t18-/m0/s1. The molecular weight excluding hydrogens is 362 g/mol. The van der Waals surface area contributed by atoms with Crippen LogP contribution in [0.25, 0.3) is 0 Å². The number of hydrogen-bond acceptors (Lipinski definition) is 6. The summed E-state index contributed by atoms with van der Waals surface area (Å²) in [5.41, 5.74) is 2.01. The van der Waals surface area contributed by atoms with E-state index in [0.717, 1.165) is 35.0 Å². The second-order valence-electron chi connectivity index (χ2n) is 6.65. The van der Waals surface area contributed by atoms with Crippen molar-refractivity contribution < 1.29 is 14.3 Å². The highest BCUT2D eigenvalue weighted by atomic mass is 32.1. The van der Waals surface area contributed by atoms with Crippen LogP contribution in [0, 0.1) is 0 Å². The van der Waals surface area contributed by atoms with Gasteiger partial charge in [-0.3, -0.25) is 9.69 Å². The van der Waals surface area contributed by atoms with Crippen molar-refractivity contribution in [2.24, 2.45) is 5.10 Å². The van der Waals surface area contributed by atoms with E-state index in [1.807, 2.05) is 35.7 Å². The summed E-state index contributed by atoms with van der Waals surface area (Å²) in [6.07, 6.45) is 0.711. The summed E-state index contributed by atoms with van der Waals surface area (Å²) in [5.74, 6) is 0.814. The van der Waals surface area contributed by atoms with Crippen molar-refractivity contribution in [3.05, 3.63) is 52.2 Å². The average molecular weight is 385 g/mol. The molecule has 0 radical (unpaired) electrons. The summed E-state index contributed by atoms with van der Waals surface area (Å²) in [5, 5.41) is 8.43. The summed E-state index contributed by atoms with van der Waals surface area (Å²) >= 11 is 1.65. The molecule has 4 rings (SSSR count). The molecule has 0 bridgehead atoms. The van der Waals surface area contributed by atoms with Crippen molar-refractivity contribution in [3.63, 3.8) is 0 Å². The Bertz CT molecular complexity index is 816. The Kier molecular flexibility index (Phi) is 5.52. The van der Waals surface area contributed by atoms with E-state index in [-0.39, 0.29) is 11.9 Å². The van der Waals surface area contributed by atoms with Crippen LogP contribution in [-0.2, 0) is 9.53 Å². The third-order valence-corrected chi connectivity index (χ3v) is 5.83. The molecule has 0 aliphatic carbocycles. The Hall–Kier alpha value is -2.22. The lowest BCUT2D eigenvalue weighted by Crippen LogP contribution is -2.43. The van der Waals surface area contributed by atoms with Gasteiger partial charge in [0.15, 0.2) is 0 Å². The highest BCUT2D eigenvalue weighted by molar-refractivity contribution is 7.12. The maximum atomic E-state index is 13.1. The molecule has 2 aliphatic heterocycles. The summed E-state index contributed by atoms with van der Waals surface area (Å²) in [6, 6.07) is 11.9. The van der Waals surface area contributed by atoms with Crippen molar-refractivity contribution >= 4 is 23.0 Å². The number of rotatable bonds is 5. The number of hydrogen-bond donors (Lipinski definition) is 0. The summed E-state index contributed by atoms with van der Waals surface area (Å²) < 4.78 is 10.8. The Morgan fingerprint density at radius 2 is 2.15 bits per heavy atom. The lowest BCUT2D eigenvalue weighted by molar-refractivity contribution is -0.135. The molecule has 0 spiro atoms. The number of hydrazone groups is 1. The second-order valence-corrected chi connectivity index (χ2v) is 7.60. The first-order valence-electron chi connectivity index (χ1n) is 9.12. The molecule has 6 nitrogen and oxygen atoms in total. The van der Waals surface area contributed by atoms with Crippen molar-refractivity contribution in [2.45, 2.75) is 12.5 Å². The minimum Gasteiger partial charge on any atom is -0.497 e. The fourth-order valence-corrected chi connectivity index (χ4v) is 4.18. The predicted molar refractivity (Wildman–Crippen MR) is 105 cm³/mol. The molecule has 1 aromatic heterocycles. The van der Waals surface area contributed by atoms with E-state index >= 15 is 0 Å². The van der Waals surface area contributed by atoms with Crippen LogP contribution >= 0.6 is 11.3 Å². The number of benzene rings is 1. The van der Waals surface area contributed by atoms with Crippen LogP contribution in [0.5, 0.6) is 5.75 Å². The van der Waals surface area contributed by atoms with Crippen molar-refractivity contribution in [1.29, 1.82) is 0 Å². The van der Waals surface area contributed by atoms with E-state index in [4.69, 9.17) is 14.6 Å². The SMILES string of the molecule is COc1cccc([C@@H]2CC(c3cccs3)=NN2C(=O)CN2CCOCC2)c1. The third-order valence-electron chi connectivity index (χ3n) is 4.91. The zero-order chi connectivity index (χ0) is 18.6. The highest BCUT2D eigenvalue weighted by Crippen LogP contribution is 2.35. The van der Waals surface area contributed by atoms with Gasteiger partial charge in [-0.05, 0) is 29.1 Å². The monoisotopic (exact) mass is 385 g/mol. The number of thiophene rings is 1. The molecule has 3 heterocycles. The fraction of sp³-hybridized carbons (Fsp3) is 0.400. The first kappa shape index (κ1) is 18.2. The van der Waals surface area contributed by atoms with Gasteiger partial charge in [-0.2, -0.15) is 5.10 Å². The van der Waals surface area contributed by atoms with Gasteiger partial charge >= 0.3 is 0 Å². The third kappa shape index (κ3) is 4.05. The molecule has 7 heteroatoms. The van der Waals surface area contributed by atoms with Crippen molar-refractivity contribution in [1.82, 2.24) is 9.91 Å². The largest absolute Gasteiger partial charge is 0.497 e. The lowest BCUT2D eigenvalue weighted by Gasteiger charge is -2.29. The van der Waals surface area contributed by atoms with Crippen molar-refractivity contribution in [2.75, 3.05) is 40.0 Å². The predicted octanol–water partition coefficient (Wildman–Crippen LogP) is 2.77. The van der Waals surface area contributed by atoms with Crippen LogP contribution in [0.15, 0.2) is 46.9 Å². The lowest BCUT2D eigenvalue weighted by atomic mass is 10.0. The number of carbonyl (C=O) groups excluding carboxylic acids is 1. The van der Waals surface area contributed by atoms with E-state index in [2.05, 4.69) is 11.0 Å². The van der Waals surface area contributed by atoms with E-state index in [0.29, 0.717) is 26.2 Å². The molecule has 1 atom stereocenters. The van der Waals surface area contributed by atoms with Crippen LogP contribution in [0.1, 0.15) is 22.9 Å². The highest BCUT2D eigenvalue weighted by Gasteiger charge is 2.34. The van der Waals surface area contributed by atoms with E-state index in [1.165, 1.54) is 0 Å². The minimum absolute atomic E-state index is 0.0243. The van der Waals surface area contributed by atoms with Crippen LogP contribution in [0.4, 0.5) is 0 Å². The maximum Gasteiger partial charge on any atom is 0.257 e. The molecule has 142 valence electrons. The molecule has 1 amide bonds. The van der Waals surface area contributed by atoms with Gasteiger partial charge in [-0.15, -0.1) is 11.3 Å². The van der Waals surface area contributed by atoms with Crippen LogP contribution < -0.4 is 4.74 Å². The molecule has 0 unspecified atom stereocenters. The topological polar surface area (TPSA) is 54.4 Å². The number of nitrogens with zero attached hydrogens (tertiary/aromatic N) is 3. The van der Waals surface area contributed by atoms with E-state index in [9.17, 15) is 4.79 Å². The number of carbonyl (C=O) groups is 1. The summed E-state index contributed by atoms with van der Waals surface area (Å²) in [7, 11) is 1.66. The van der Waals surface area contributed by atoms with Crippen molar-refractivity contribution in [3.8, 4) is 5.75 Å². The Labute approximate surface area is 163 Å². The fourth-order valence-electron chi connectivity index (χ4n) is 3.46. The number of methoxy groups -OCH3 is 1. The quantitative estimate of drug-likeness (QED) is 0.794. The van der Waals surface area contributed by atoms with Gasteiger partial charge in [-0.1, -0.05) is 18.2 Å². The van der Waals surface area contributed by atoms with Gasteiger partial charge in [0.1, 0.15) is 5.75 Å². The molecule has 2 aliphatic rings.